The van der Waals surface area contributed by atoms with Gasteiger partial charge in [-0.2, -0.15) is 0 Å². The number of hydrogen-bond acceptors (Lipinski definition) is 3. The average molecular weight is 343 g/mol. The highest BCUT2D eigenvalue weighted by atomic mass is 28.3. The first-order chi connectivity index (χ1) is 11.1. The molecule has 0 heterocycles. The molecule has 0 amide bonds. The van der Waals surface area contributed by atoms with E-state index < -0.39 is 9.17 Å². The summed E-state index contributed by atoms with van der Waals surface area (Å²) in [5.74, 6) is 1.11. The molecule has 0 N–H and O–H groups in total. The van der Waals surface area contributed by atoms with Crippen molar-refractivity contribution in [2.75, 3.05) is 0 Å². The minimum atomic E-state index is -2.64. The van der Waals surface area contributed by atoms with Gasteiger partial charge in [-0.25, -0.2) is 0 Å². The minimum Gasteiger partial charge on any atom is -0.459 e. The van der Waals surface area contributed by atoms with E-state index in [1.165, 1.54) is 11.1 Å². The maximum Gasteiger partial charge on any atom is 0.778 e. The highest BCUT2D eigenvalue weighted by molar-refractivity contribution is 6.28. The molecule has 0 atom stereocenters. The predicted octanol–water partition coefficient (Wildman–Crippen LogP) is 5.15. The molecule has 0 aliphatic carbocycles. The molecule has 2 aromatic rings. The van der Waals surface area contributed by atoms with Crippen LogP contribution in [0.3, 0.4) is 0 Å². The van der Waals surface area contributed by atoms with Gasteiger partial charge in [0.15, 0.2) is 0 Å². The Balaban J connectivity index is 1.98. The van der Waals surface area contributed by atoms with E-state index in [0.717, 1.165) is 0 Å². The van der Waals surface area contributed by atoms with Crippen molar-refractivity contribution >= 4 is 9.17 Å². The summed E-state index contributed by atoms with van der Waals surface area (Å²) in [5.41, 5.74) is 2.56. The van der Waals surface area contributed by atoms with Crippen molar-refractivity contribution in [3.63, 3.8) is 0 Å². The van der Waals surface area contributed by atoms with Crippen molar-refractivity contribution in [3.8, 4) is 11.5 Å². The van der Waals surface area contributed by atoms with Crippen LogP contribution in [0.25, 0.3) is 0 Å². The molecule has 4 heteroatoms. The number of benzene rings is 2. The van der Waals surface area contributed by atoms with Gasteiger partial charge in [0, 0.05) is 0 Å². The van der Waals surface area contributed by atoms with Gasteiger partial charge >= 0.3 is 9.17 Å². The predicted molar refractivity (Wildman–Crippen MR) is 98.0 cm³/mol. The Bertz CT molecular complexity index is 628. The molecule has 128 valence electrons. The van der Waals surface area contributed by atoms with Crippen LogP contribution in [0.15, 0.2) is 48.5 Å². The smallest absolute Gasteiger partial charge is 0.459 e. The lowest BCUT2D eigenvalue weighted by Gasteiger charge is -2.19. The third-order valence-electron chi connectivity index (χ3n) is 3.84. The molecule has 0 radical (unpaired) electrons. The van der Waals surface area contributed by atoms with Crippen LogP contribution in [0, 0.1) is 0 Å². The highest BCUT2D eigenvalue weighted by Crippen LogP contribution is 2.25. The van der Waals surface area contributed by atoms with E-state index >= 15 is 0 Å². The minimum absolute atomic E-state index is 0.0784. The second-order valence-electron chi connectivity index (χ2n) is 8.00. The van der Waals surface area contributed by atoms with Crippen LogP contribution in [0.4, 0.5) is 0 Å². The molecule has 0 fully saturated rings. The maximum absolute atomic E-state index is 12.1. The lowest BCUT2D eigenvalue weighted by Crippen LogP contribution is -2.19. The van der Waals surface area contributed by atoms with Crippen molar-refractivity contribution in [1.29, 1.82) is 0 Å². The first-order valence-corrected chi connectivity index (χ1v) is 9.39. The highest BCUT2D eigenvalue weighted by Gasteiger charge is 2.18. The molecule has 0 aromatic heterocycles. The zero-order chi connectivity index (χ0) is 18.0. The zero-order valence-corrected chi connectivity index (χ0v) is 16.3. The van der Waals surface area contributed by atoms with Gasteiger partial charge in [-0.15, -0.1) is 0 Å². The van der Waals surface area contributed by atoms with Crippen molar-refractivity contribution in [1.82, 2.24) is 0 Å². The fourth-order valence-electron chi connectivity index (χ4n) is 2.26. The molecular weight excluding hydrogens is 316 g/mol. The first-order valence-electron chi connectivity index (χ1n) is 8.16. The third kappa shape index (κ3) is 5.03. The number of rotatable bonds is 4. The fraction of sp³-hybridized carbons (Fsp3) is 0.400. The molecule has 0 spiro atoms. The van der Waals surface area contributed by atoms with E-state index in [-0.39, 0.29) is 10.8 Å². The molecular formula is C20H26O3Si. The second kappa shape index (κ2) is 6.89. The molecule has 2 aromatic carbocycles. The van der Waals surface area contributed by atoms with Gasteiger partial charge in [-0.1, -0.05) is 65.8 Å². The maximum atomic E-state index is 12.1. The van der Waals surface area contributed by atoms with Crippen LogP contribution in [0.1, 0.15) is 52.7 Å². The fourth-order valence-corrected chi connectivity index (χ4v) is 2.96. The Hall–Kier alpha value is -1.94. The molecule has 0 aliphatic rings. The van der Waals surface area contributed by atoms with E-state index in [1.807, 2.05) is 48.5 Å². The van der Waals surface area contributed by atoms with Crippen molar-refractivity contribution in [3.05, 3.63) is 59.7 Å². The van der Waals surface area contributed by atoms with Gasteiger partial charge in [0.25, 0.3) is 0 Å². The van der Waals surface area contributed by atoms with Crippen LogP contribution in [-0.2, 0) is 15.3 Å². The summed E-state index contributed by atoms with van der Waals surface area (Å²) in [4.78, 5) is 0. The van der Waals surface area contributed by atoms with Gasteiger partial charge in [-0.05, 0) is 46.2 Å². The molecule has 0 unspecified atom stereocenters. The van der Waals surface area contributed by atoms with Crippen LogP contribution in [-0.4, -0.2) is 9.17 Å². The largest absolute Gasteiger partial charge is 0.778 e. The Labute approximate surface area is 146 Å². The van der Waals surface area contributed by atoms with Gasteiger partial charge in [0.05, 0.1) is 0 Å². The quantitative estimate of drug-likeness (QED) is 0.720. The summed E-state index contributed by atoms with van der Waals surface area (Å²) in [6.07, 6.45) is 0. The molecule has 0 saturated carbocycles. The zero-order valence-electron chi connectivity index (χ0n) is 15.3. The van der Waals surface area contributed by atoms with Crippen molar-refractivity contribution in [2.24, 2.45) is 0 Å². The van der Waals surface area contributed by atoms with Gasteiger partial charge < -0.3 is 8.85 Å². The van der Waals surface area contributed by atoms with E-state index in [1.54, 1.807) is 0 Å². The van der Waals surface area contributed by atoms with E-state index in [4.69, 9.17) is 8.85 Å². The lowest BCUT2D eigenvalue weighted by atomic mass is 9.87. The summed E-state index contributed by atoms with van der Waals surface area (Å²) >= 11 is 0. The van der Waals surface area contributed by atoms with Crippen LogP contribution < -0.4 is 8.85 Å². The third-order valence-corrected chi connectivity index (χ3v) is 4.65. The summed E-state index contributed by atoms with van der Waals surface area (Å²) in [6, 6.07) is 15.3. The first kappa shape index (κ1) is 18.4. The Morgan fingerprint density at radius 1 is 0.625 bits per heavy atom. The summed E-state index contributed by atoms with van der Waals surface area (Å²) in [5, 5.41) is 0. The molecule has 0 aliphatic heterocycles. The summed E-state index contributed by atoms with van der Waals surface area (Å²) in [7, 11) is -2.64. The average Bonchev–Trinajstić information content (AvgIpc) is 2.46. The molecule has 3 nitrogen and oxygen atoms in total. The number of hydrogen-bond donors (Lipinski definition) is 0. The van der Waals surface area contributed by atoms with Crippen molar-refractivity contribution in [2.45, 2.75) is 52.4 Å². The Kier molecular flexibility index (Phi) is 5.28. The van der Waals surface area contributed by atoms with Crippen molar-refractivity contribution < 1.29 is 13.3 Å². The van der Waals surface area contributed by atoms with Gasteiger partial charge in [0.1, 0.15) is 11.5 Å². The lowest BCUT2D eigenvalue weighted by molar-refractivity contribution is 0.346. The van der Waals surface area contributed by atoms with E-state index in [0.29, 0.717) is 11.5 Å². The summed E-state index contributed by atoms with van der Waals surface area (Å²) < 4.78 is 22.9. The molecule has 24 heavy (non-hydrogen) atoms. The monoisotopic (exact) mass is 342 g/mol. The van der Waals surface area contributed by atoms with E-state index in [9.17, 15) is 4.46 Å². The normalized spacial score (nSPS) is 11.9. The second-order valence-corrected chi connectivity index (χ2v) is 8.91. The molecule has 0 saturated heterocycles. The topological polar surface area (TPSA) is 35.5 Å². The molecule has 2 rings (SSSR count). The van der Waals surface area contributed by atoms with E-state index in [2.05, 4.69) is 41.5 Å². The molecule has 0 bridgehead atoms. The van der Waals surface area contributed by atoms with Crippen LogP contribution >= 0.6 is 0 Å². The van der Waals surface area contributed by atoms with Crippen LogP contribution in [0.2, 0.25) is 0 Å². The van der Waals surface area contributed by atoms with Gasteiger partial charge in [0.2, 0.25) is 0 Å². The standard InChI is InChI=1S/C20H26O3Si/c1-19(2,3)15-7-11-17(12-8-15)22-24(21)23-18-13-9-16(10-14-18)20(4,5)6/h7-14H,1-6H3. The summed E-state index contributed by atoms with van der Waals surface area (Å²) in [6.45, 7) is 12.9. The van der Waals surface area contributed by atoms with Crippen LogP contribution in [0.5, 0.6) is 11.5 Å². The van der Waals surface area contributed by atoms with Gasteiger partial charge in [-0.3, -0.25) is 4.46 Å². The Morgan fingerprint density at radius 2 is 0.917 bits per heavy atom. The Morgan fingerprint density at radius 3 is 1.17 bits per heavy atom. The SMILES string of the molecule is CC(C)(C)c1ccc(O[Si](=O)Oc2ccc(C(C)(C)C)cc2)cc1.